The summed E-state index contributed by atoms with van der Waals surface area (Å²) < 4.78 is 85.4. The first-order valence-corrected chi connectivity index (χ1v) is 13.1. The zero-order valence-corrected chi connectivity index (χ0v) is 23.8. The molecule has 0 radical (unpaired) electrons. The number of hydrogen-bond donors (Lipinski definition) is 0. The molecule has 16 heteroatoms. The predicted octanol–water partition coefficient (Wildman–Crippen LogP) is 3.62. The van der Waals surface area contributed by atoms with Gasteiger partial charge in [-0.2, -0.15) is 27.9 Å². The van der Waals surface area contributed by atoms with Crippen LogP contribution >= 0.6 is 0 Å². The largest absolute Gasteiger partial charge is 0.468 e. The van der Waals surface area contributed by atoms with E-state index < -0.39 is 41.6 Å². The maximum absolute atomic E-state index is 16.1. The van der Waals surface area contributed by atoms with Crippen LogP contribution in [0.3, 0.4) is 0 Å². The van der Waals surface area contributed by atoms with Crippen LogP contribution < -0.4 is 15.2 Å². The Morgan fingerprint density at radius 2 is 1.70 bits per heavy atom. The summed E-state index contributed by atoms with van der Waals surface area (Å²) in [6, 6.07) is 9.27. The van der Waals surface area contributed by atoms with E-state index in [9.17, 15) is 18.0 Å². The standard InChI is InChI=1S/C27H30F4N6O6/c1-5-36-20(15-41-12-17-9-7-6-8-10-17)35-37(26(36)38)23-22(28)19-11-32-34-25(43-18(13-39-3)14-40-4)21(19)24(33-23)42-16(2)27(29,30)31/h6-11,16,18H,5,12-15H2,1-4H3/t16-/m0/s1. The summed E-state index contributed by atoms with van der Waals surface area (Å²) >= 11 is 0. The maximum Gasteiger partial charge on any atom is 0.425 e. The van der Waals surface area contributed by atoms with Crippen LogP contribution in [0.2, 0.25) is 0 Å². The molecule has 0 aliphatic carbocycles. The maximum atomic E-state index is 16.1. The number of methoxy groups -OCH3 is 2. The van der Waals surface area contributed by atoms with Crippen LogP contribution in [0.4, 0.5) is 17.6 Å². The zero-order valence-electron chi connectivity index (χ0n) is 23.8. The SMILES string of the molecule is CCn1c(COCc2ccccc2)nn(-c2nc(O[C@@H](C)C(F)(F)F)c3c(OC(COC)COC)nncc3c2F)c1=O. The molecule has 0 spiro atoms. The molecule has 4 rings (SSSR count). The third kappa shape index (κ3) is 7.26. The highest BCUT2D eigenvalue weighted by atomic mass is 19.4. The van der Waals surface area contributed by atoms with Gasteiger partial charge in [-0.3, -0.25) is 4.57 Å². The van der Waals surface area contributed by atoms with E-state index in [-0.39, 0.29) is 55.4 Å². The van der Waals surface area contributed by atoms with Crippen molar-refractivity contribution in [1.29, 1.82) is 0 Å². The molecule has 0 aliphatic heterocycles. The fourth-order valence-corrected chi connectivity index (χ4v) is 4.09. The van der Waals surface area contributed by atoms with Gasteiger partial charge >= 0.3 is 11.9 Å². The van der Waals surface area contributed by atoms with Crippen LogP contribution in [0, 0.1) is 5.82 Å². The summed E-state index contributed by atoms with van der Waals surface area (Å²) in [7, 11) is 2.81. The third-order valence-corrected chi connectivity index (χ3v) is 6.20. The highest BCUT2D eigenvalue weighted by Gasteiger charge is 2.39. The van der Waals surface area contributed by atoms with Crippen molar-refractivity contribution in [3.05, 3.63) is 64.2 Å². The molecule has 4 aromatic rings. The average molecular weight is 611 g/mol. The summed E-state index contributed by atoms with van der Waals surface area (Å²) in [6.07, 6.45) is -7.00. The molecule has 0 saturated carbocycles. The average Bonchev–Trinajstić information content (AvgIpc) is 3.29. The van der Waals surface area contributed by atoms with E-state index in [0.717, 1.165) is 18.7 Å². The Morgan fingerprint density at radius 1 is 1.00 bits per heavy atom. The molecule has 0 amide bonds. The van der Waals surface area contributed by atoms with Gasteiger partial charge in [-0.1, -0.05) is 30.3 Å². The lowest BCUT2D eigenvalue weighted by Crippen LogP contribution is -2.32. The van der Waals surface area contributed by atoms with E-state index in [4.69, 9.17) is 23.7 Å². The molecule has 232 valence electrons. The monoisotopic (exact) mass is 610 g/mol. The molecule has 0 saturated heterocycles. The molecule has 12 nitrogen and oxygen atoms in total. The number of pyridine rings is 1. The van der Waals surface area contributed by atoms with Crippen molar-refractivity contribution in [3.8, 4) is 17.6 Å². The van der Waals surface area contributed by atoms with Gasteiger partial charge in [0.2, 0.25) is 11.8 Å². The first kappa shape index (κ1) is 31.8. The number of aromatic nitrogens is 6. The summed E-state index contributed by atoms with van der Waals surface area (Å²) in [5, 5.41) is 11.1. The third-order valence-electron chi connectivity index (χ3n) is 6.20. The molecular formula is C27H30F4N6O6. The Kier molecular flexibility index (Phi) is 10.3. The quantitative estimate of drug-likeness (QED) is 0.196. The van der Waals surface area contributed by atoms with Gasteiger partial charge in [0.15, 0.2) is 23.6 Å². The molecule has 3 aromatic heterocycles. The molecule has 0 N–H and O–H groups in total. The van der Waals surface area contributed by atoms with Crippen molar-refractivity contribution in [3.63, 3.8) is 0 Å². The van der Waals surface area contributed by atoms with E-state index in [1.807, 2.05) is 30.3 Å². The normalized spacial score (nSPS) is 12.7. The summed E-state index contributed by atoms with van der Waals surface area (Å²) in [4.78, 5) is 17.3. The minimum Gasteiger partial charge on any atom is -0.468 e. The summed E-state index contributed by atoms with van der Waals surface area (Å²) in [5.74, 6) is -2.75. The van der Waals surface area contributed by atoms with Gasteiger partial charge < -0.3 is 23.7 Å². The Hall–Kier alpha value is -4.15. The molecule has 0 unspecified atom stereocenters. The smallest absolute Gasteiger partial charge is 0.425 e. The minimum atomic E-state index is -4.80. The fraction of sp³-hybridized carbons (Fsp3) is 0.444. The van der Waals surface area contributed by atoms with Gasteiger partial charge in [0.1, 0.15) is 18.1 Å². The van der Waals surface area contributed by atoms with Gasteiger partial charge in [-0.05, 0) is 19.4 Å². The van der Waals surface area contributed by atoms with Crippen LogP contribution in [0.15, 0.2) is 41.3 Å². The van der Waals surface area contributed by atoms with E-state index in [1.165, 1.54) is 18.8 Å². The number of rotatable bonds is 14. The molecular weight excluding hydrogens is 580 g/mol. The van der Waals surface area contributed by atoms with E-state index >= 15 is 4.39 Å². The molecule has 43 heavy (non-hydrogen) atoms. The van der Waals surface area contributed by atoms with E-state index in [0.29, 0.717) is 4.68 Å². The number of hydrogen-bond acceptors (Lipinski definition) is 10. The van der Waals surface area contributed by atoms with Crippen molar-refractivity contribution >= 4 is 10.8 Å². The van der Waals surface area contributed by atoms with E-state index in [2.05, 4.69) is 20.3 Å². The second kappa shape index (κ2) is 13.9. The van der Waals surface area contributed by atoms with Gasteiger partial charge in [0, 0.05) is 20.8 Å². The second-order valence-corrected chi connectivity index (χ2v) is 9.28. The molecule has 0 fully saturated rings. The summed E-state index contributed by atoms with van der Waals surface area (Å²) in [5.41, 5.74) is 0.0904. The fourth-order valence-electron chi connectivity index (χ4n) is 4.09. The summed E-state index contributed by atoms with van der Waals surface area (Å²) in [6.45, 7) is 2.70. The first-order valence-electron chi connectivity index (χ1n) is 13.1. The van der Waals surface area contributed by atoms with E-state index in [1.54, 1.807) is 6.92 Å². The number of halogens is 4. The topological polar surface area (TPSA) is 125 Å². The predicted molar refractivity (Wildman–Crippen MR) is 144 cm³/mol. The van der Waals surface area contributed by atoms with Crippen LogP contribution in [0.25, 0.3) is 16.6 Å². The molecule has 0 bridgehead atoms. The lowest BCUT2D eigenvalue weighted by molar-refractivity contribution is -0.189. The van der Waals surface area contributed by atoms with Gasteiger partial charge in [0.05, 0.1) is 31.4 Å². The zero-order chi connectivity index (χ0) is 31.1. The number of nitrogens with zero attached hydrogens (tertiary/aromatic N) is 6. The second-order valence-electron chi connectivity index (χ2n) is 9.28. The van der Waals surface area contributed by atoms with Gasteiger partial charge in [-0.15, -0.1) is 10.2 Å². The van der Waals surface area contributed by atoms with Crippen molar-refractivity contribution in [2.24, 2.45) is 0 Å². The minimum absolute atomic E-state index is 0.00795. The number of fused-ring (bicyclic) bond motifs is 1. The Balaban J connectivity index is 1.82. The number of ether oxygens (including phenoxy) is 5. The lowest BCUT2D eigenvalue weighted by Gasteiger charge is -2.21. The first-order chi connectivity index (χ1) is 20.6. The van der Waals surface area contributed by atoms with Crippen molar-refractivity contribution in [1.82, 2.24) is 29.5 Å². The molecule has 1 atom stereocenters. The Bertz CT molecular complexity index is 1570. The lowest BCUT2D eigenvalue weighted by atomic mass is 10.2. The highest BCUT2D eigenvalue weighted by molar-refractivity contribution is 5.92. The number of benzene rings is 1. The molecule has 0 aliphatic rings. The Labute approximate surface area is 243 Å². The molecule has 3 heterocycles. The number of alkyl halides is 3. The Morgan fingerprint density at radius 3 is 2.33 bits per heavy atom. The van der Waals surface area contributed by atoms with Crippen molar-refractivity contribution in [2.45, 2.75) is 52.0 Å². The van der Waals surface area contributed by atoms with Crippen LogP contribution in [-0.2, 0) is 34.0 Å². The van der Waals surface area contributed by atoms with Crippen molar-refractivity contribution < 1.29 is 41.2 Å². The van der Waals surface area contributed by atoms with Crippen LogP contribution in [0.1, 0.15) is 25.2 Å². The van der Waals surface area contributed by atoms with Crippen LogP contribution in [-0.4, -0.2) is 75.3 Å². The van der Waals surface area contributed by atoms with Gasteiger partial charge in [0.25, 0.3) is 0 Å². The van der Waals surface area contributed by atoms with Crippen molar-refractivity contribution in [2.75, 3.05) is 27.4 Å². The highest BCUT2D eigenvalue weighted by Crippen LogP contribution is 2.36. The van der Waals surface area contributed by atoms with Crippen LogP contribution in [0.5, 0.6) is 11.8 Å². The van der Waals surface area contributed by atoms with Gasteiger partial charge in [-0.25, -0.2) is 9.18 Å². The molecule has 1 aromatic carbocycles.